The first kappa shape index (κ1) is 11.9. The summed E-state index contributed by atoms with van der Waals surface area (Å²) in [6, 6.07) is 7.24. The summed E-state index contributed by atoms with van der Waals surface area (Å²) in [7, 11) is -3.27. The van der Waals surface area contributed by atoms with E-state index >= 15 is 0 Å². The van der Waals surface area contributed by atoms with Gasteiger partial charge in [0.15, 0.2) is 9.84 Å². The topological polar surface area (TPSA) is 49.9 Å². The quantitative estimate of drug-likeness (QED) is 0.914. The molecule has 5 heteroatoms. The third kappa shape index (κ3) is 2.24. The molecule has 0 radical (unpaired) electrons. The first-order valence-corrected chi connectivity index (χ1v) is 6.86. The maximum absolute atomic E-state index is 12.8. The lowest BCUT2D eigenvalue weighted by Gasteiger charge is -2.04. The number of aromatic amines is 1. The summed E-state index contributed by atoms with van der Waals surface area (Å²) in [6.07, 6.45) is 1.57. The normalized spacial score (nSPS) is 11.6. The maximum Gasteiger partial charge on any atom is 0.180 e. The molecule has 1 heterocycles. The summed E-state index contributed by atoms with van der Waals surface area (Å²) in [5.41, 5.74) is 1.16. The Bertz CT molecular complexity index is 614. The number of nitrogens with one attached hydrogen (secondary N) is 1. The molecule has 3 nitrogen and oxygen atoms in total. The van der Waals surface area contributed by atoms with Crippen LogP contribution in [0.3, 0.4) is 0 Å². The van der Waals surface area contributed by atoms with Crippen LogP contribution < -0.4 is 0 Å². The van der Waals surface area contributed by atoms with Gasteiger partial charge in [0.05, 0.1) is 16.3 Å². The molecule has 90 valence electrons. The summed E-state index contributed by atoms with van der Waals surface area (Å²) >= 11 is 0. The number of rotatable bonds is 3. The lowest BCUT2D eigenvalue weighted by Crippen LogP contribution is -2.03. The first-order valence-electron chi connectivity index (χ1n) is 5.20. The molecule has 0 fully saturated rings. The summed E-state index contributed by atoms with van der Waals surface area (Å²) in [4.78, 5) is 3.14. The molecule has 0 spiro atoms. The zero-order valence-electron chi connectivity index (χ0n) is 9.27. The van der Waals surface area contributed by atoms with Gasteiger partial charge in [-0.1, -0.05) is 6.92 Å². The van der Waals surface area contributed by atoms with E-state index in [4.69, 9.17) is 0 Å². The summed E-state index contributed by atoms with van der Waals surface area (Å²) in [6.45, 7) is 1.59. The lowest BCUT2D eigenvalue weighted by atomic mass is 10.1. The fourth-order valence-corrected chi connectivity index (χ4v) is 2.69. The Kier molecular flexibility index (Phi) is 3.02. The van der Waals surface area contributed by atoms with Gasteiger partial charge in [0.1, 0.15) is 5.82 Å². The largest absolute Gasteiger partial charge is 0.360 e. The van der Waals surface area contributed by atoms with Crippen LogP contribution >= 0.6 is 0 Å². The van der Waals surface area contributed by atoms with E-state index in [9.17, 15) is 12.8 Å². The minimum Gasteiger partial charge on any atom is -0.360 e. The van der Waals surface area contributed by atoms with Gasteiger partial charge in [0, 0.05) is 6.20 Å². The van der Waals surface area contributed by atoms with E-state index in [-0.39, 0.29) is 16.5 Å². The van der Waals surface area contributed by atoms with Crippen molar-refractivity contribution in [1.82, 2.24) is 4.98 Å². The molecule has 0 atom stereocenters. The van der Waals surface area contributed by atoms with Crippen molar-refractivity contribution >= 4 is 9.84 Å². The van der Waals surface area contributed by atoms with Gasteiger partial charge in [-0.05, 0) is 35.9 Å². The van der Waals surface area contributed by atoms with Gasteiger partial charge in [-0.2, -0.15) is 0 Å². The number of benzene rings is 1. The predicted molar refractivity (Wildman–Crippen MR) is 63.9 cm³/mol. The molecule has 0 aliphatic carbocycles. The van der Waals surface area contributed by atoms with Gasteiger partial charge in [-0.3, -0.25) is 0 Å². The van der Waals surface area contributed by atoms with Gasteiger partial charge >= 0.3 is 0 Å². The average Bonchev–Trinajstić information content (AvgIpc) is 2.80. The molecule has 0 saturated heterocycles. The third-order valence-electron chi connectivity index (χ3n) is 2.56. The van der Waals surface area contributed by atoms with Crippen molar-refractivity contribution in [2.24, 2.45) is 0 Å². The molecule has 1 N–H and O–H groups in total. The van der Waals surface area contributed by atoms with Crippen LogP contribution in [-0.2, 0) is 9.84 Å². The number of hydrogen-bond acceptors (Lipinski definition) is 2. The minimum absolute atomic E-state index is 0.0407. The van der Waals surface area contributed by atoms with Gasteiger partial charge in [0.25, 0.3) is 0 Å². The highest BCUT2D eigenvalue weighted by Crippen LogP contribution is 2.26. The highest BCUT2D eigenvalue weighted by Gasteiger charge is 2.18. The van der Waals surface area contributed by atoms with E-state index in [0.717, 1.165) is 0 Å². The molecule has 1 aromatic carbocycles. The standard InChI is InChI=1S/C12H12FNO2S/c1-2-17(15,16)11-7-8-14-12(11)9-3-5-10(13)6-4-9/h3-8,14H,2H2,1H3. The van der Waals surface area contributed by atoms with E-state index in [1.165, 1.54) is 18.2 Å². The number of aromatic nitrogens is 1. The average molecular weight is 253 g/mol. The highest BCUT2D eigenvalue weighted by molar-refractivity contribution is 7.91. The Morgan fingerprint density at radius 1 is 1.18 bits per heavy atom. The second-order valence-corrected chi connectivity index (χ2v) is 5.87. The third-order valence-corrected chi connectivity index (χ3v) is 4.33. The van der Waals surface area contributed by atoms with Crippen molar-refractivity contribution in [3.05, 3.63) is 42.3 Å². The van der Waals surface area contributed by atoms with E-state index in [0.29, 0.717) is 11.3 Å². The summed E-state index contributed by atoms with van der Waals surface area (Å²) in [5.74, 6) is -0.306. The number of sulfone groups is 1. The van der Waals surface area contributed by atoms with Gasteiger partial charge in [-0.15, -0.1) is 0 Å². The first-order chi connectivity index (χ1) is 8.04. The van der Waals surface area contributed by atoms with Crippen molar-refractivity contribution in [1.29, 1.82) is 0 Å². The van der Waals surface area contributed by atoms with Crippen molar-refractivity contribution in [2.75, 3.05) is 5.75 Å². The SMILES string of the molecule is CCS(=O)(=O)c1cc[nH]c1-c1ccc(F)cc1. The summed E-state index contributed by atoms with van der Waals surface area (Å²) < 4.78 is 36.5. The Hall–Kier alpha value is -1.62. The number of halogens is 1. The van der Waals surface area contributed by atoms with E-state index in [1.54, 1.807) is 25.3 Å². The van der Waals surface area contributed by atoms with Crippen LogP contribution in [0.5, 0.6) is 0 Å². The van der Waals surface area contributed by atoms with E-state index in [1.807, 2.05) is 0 Å². The zero-order chi connectivity index (χ0) is 12.5. The van der Waals surface area contributed by atoms with Crippen LogP contribution in [0, 0.1) is 5.82 Å². The van der Waals surface area contributed by atoms with Crippen molar-refractivity contribution in [2.45, 2.75) is 11.8 Å². The van der Waals surface area contributed by atoms with Crippen LogP contribution in [0.25, 0.3) is 11.3 Å². The van der Waals surface area contributed by atoms with Crippen molar-refractivity contribution < 1.29 is 12.8 Å². The molecule has 17 heavy (non-hydrogen) atoms. The molecular weight excluding hydrogens is 241 g/mol. The van der Waals surface area contributed by atoms with Crippen molar-refractivity contribution in [3.63, 3.8) is 0 Å². The van der Waals surface area contributed by atoms with Gasteiger partial charge in [0.2, 0.25) is 0 Å². The summed E-state index contributed by atoms with van der Waals surface area (Å²) in [5, 5.41) is 0. The molecule has 0 amide bonds. The Morgan fingerprint density at radius 2 is 1.82 bits per heavy atom. The molecule has 0 aliphatic heterocycles. The van der Waals surface area contributed by atoms with Gasteiger partial charge < -0.3 is 4.98 Å². The molecule has 0 saturated carbocycles. The van der Waals surface area contributed by atoms with Crippen LogP contribution in [0.2, 0.25) is 0 Å². The minimum atomic E-state index is -3.27. The fourth-order valence-electron chi connectivity index (χ4n) is 1.61. The van der Waals surface area contributed by atoms with E-state index < -0.39 is 9.84 Å². The molecule has 2 aromatic rings. The molecule has 0 bridgehead atoms. The van der Waals surface area contributed by atoms with Crippen LogP contribution in [-0.4, -0.2) is 19.2 Å². The molecule has 1 aromatic heterocycles. The fraction of sp³-hybridized carbons (Fsp3) is 0.167. The Balaban J connectivity index is 2.55. The number of H-pyrrole nitrogens is 1. The van der Waals surface area contributed by atoms with Gasteiger partial charge in [-0.25, -0.2) is 12.8 Å². The monoisotopic (exact) mass is 253 g/mol. The Morgan fingerprint density at radius 3 is 2.41 bits per heavy atom. The van der Waals surface area contributed by atoms with Crippen LogP contribution in [0.1, 0.15) is 6.92 Å². The molecule has 2 rings (SSSR count). The zero-order valence-corrected chi connectivity index (χ0v) is 10.1. The smallest absolute Gasteiger partial charge is 0.180 e. The maximum atomic E-state index is 12.8. The number of hydrogen-bond donors (Lipinski definition) is 1. The van der Waals surface area contributed by atoms with E-state index in [2.05, 4.69) is 4.98 Å². The molecular formula is C12H12FNO2S. The second kappa shape index (κ2) is 4.33. The predicted octanol–water partition coefficient (Wildman–Crippen LogP) is 2.61. The van der Waals surface area contributed by atoms with Crippen LogP contribution in [0.15, 0.2) is 41.4 Å². The Labute approximate surface area is 99.2 Å². The molecule has 0 unspecified atom stereocenters. The molecule has 0 aliphatic rings. The lowest BCUT2D eigenvalue weighted by molar-refractivity contribution is 0.597. The highest BCUT2D eigenvalue weighted by atomic mass is 32.2. The van der Waals surface area contributed by atoms with Crippen molar-refractivity contribution in [3.8, 4) is 11.3 Å². The second-order valence-electron chi connectivity index (χ2n) is 3.63. The van der Waals surface area contributed by atoms with Crippen LogP contribution in [0.4, 0.5) is 4.39 Å².